The van der Waals surface area contributed by atoms with Crippen LogP contribution in [0.5, 0.6) is 0 Å². The summed E-state index contributed by atoms with van der Waals surface area (Å²) in [5, 5.41) is 5.73. The molecule has 0 aliphatic heterocycles. The van der Waals surface area contributed by atoms with Gasteiger partial charge in [-0.05, 0) is 43.4 Å². The van der Waals surface area contributed by atoms with Crippen molar-refractivity contribution in [1.82, 2.24) is 19.7 Å². The summed E-state index contributed by atoms with van der Waals surface area (Å²) in [6.07, 6.45) is 12.0. The Morgan fingerprint density at radius 1 is 1.35 bits per heavy atom. The van der Waals surface area contributed by atoms with Crippen molar-refractivity contribution < 1.29 is 0 Å². The van der Waals surface area contributed by atoms with Gasteiger partial charge in [0.05, 0.1) is 12.2 Å². The quantitative estimate of drug-likeness (QED) is 0.784. The van der Waals surface area contributed by atoms with Gasteiger partial charge in [0, 0.05) is 29.5 Å². The molecule has 1 atom stereocenters. The zero-order valence-electron chi connectivity index (χ0n) is 11.6. The maximum Gasteiger partial charge on any atom is 0.137 e. The number of hydrogen-bond acceptors (Lipinski definition) is 2. The maximum absolute atomic E-state index is 4.57. The summed E-state index contributed by atoms with van der Waals surface area (Å²) in [4.78, 5) is 7.49. The van der Waals surface area contributed by atoms with Crippen molar-refractivity contribution in [3.05, 3.63) is 36.9 Å². The van der Waals surface area contributed by atoms with E-state index in [0.29, 0.717) is 6.04 Å². The number of fused-ring (bicyclic) bond motifs is 1. The van der Waals surface area contributed by atoms with Crippen molar-refractivity contribution in [2.45, 2.75) is 32.2 Å². The van der Waals surface area contributed by atoms with Crippen molar-refractivity contribution in [2.75, 3.05) is 0 Å². The van der Waals surface area contributed by atoms with E-state index in [1.807, 2.05) is 18.6 Å². The Morgan fingerprint density at radius 2 is 2.25 bits per heavy atom. The fourth-order valence-corrected chi connectivity index (χ4v) is 3.05. The predicted molar refractivity (Wildman–Crippen MR) is 79.4 cm³/mol. The third-order valence-electron chi connectivity index (χ3n) is 4.62. The standard InChI is InChI=1S/C16H18N4/c1-11(12-3-2-4-12)20-10-13(9-19-20)14-5-7-17-16-15(14)6-8-18-16/h5-12H,2-4H2,1H3,(H,17,18). The van der Waals surface area contributed by atoms with E-state index in [1.165, 1.54) is 30.4 Å². The fraction of sp³-hybridized carbons (Fsp3) is 0.375. The molecule has 1 aliphatic carbocycles. The molecule has 0 radical (unpaired) electrons. The van der Waals surface area contributed by atoms with Gasteiger partial charge >= 0.3 is 0 Å². The Morgan fingerprint density at radius 3 is 3.05 bits per heavy atom. The summed E-state index contributed by atoms with van der Waals surface area (Å²) in [6, 6.07) is 4.64. The van der Waals surface area contributed by atoms with Crippen molar-refractivity contribution in [3.8, 4) is 11.1 Å². The molecule has 102 valence electrons. The van der Waals surface area contributed by atoms with E-state index < -0.39 is 0 Å². The lowest BCUT2D eigenvalue weighted by molar-refractivity contribution is 0.210. The van der Waals surface area contributed by atoms with Gasteiger partial charge in [-0.1, -0.05) is 6.42 Å². The van der Waals surface area contributed by atoms with Gasteiger partial charge in [0.2, 0.25) is 0 Å². The first-order valence-corrected chi connectivity index (χ1v) is 7.29. The molecule has 0 spiro atoms. The van der Waals surface area contributed by atoms with Gasteiger partial charge in [-0.3, -0.25) is 4.68 Å². The van der Waals surface area contributed by atoms with Crippen LogP contribution in [0.1, 0.15) is 32.2 Å². The molecule has 0 saturated heterocycles. The van der Waals surface area contributed by atoms with Crippen LogP contribution in [0.15, 0.2) is 36.9 Å². The molecule has 1 unspecified atom stereocenters. The van der Waals surface area contributed by atoms with Crippen LogP contribution in [-0.4, -0.2) is 19.7 Å². The van der Waals surface area contributed by atoms with E-state index in [-0.39, 0.29) is 0 Å². The molecular weight excluding hydrogens is 248 g/mol. The number of hydrogen-bond donors (Lipinski definition) is 1. The summed E-state index contributed by atoms with van der Waals surface area (Å²) >= 11 is 0. The first-order chi connectivity index (χ1) is 9.83. The van der Waals surface area contributed by atoms with Crippen LogP contribution in [0.3, 0.4) is 0 Å². The first kappa shape index (κ1) is 11.7. The van der Waals surface area contributed by atoms with E-state index in [9.17, 15) is 0 Å². The molecule has 3 heterocycles. The average Bonchev–Trinajstić information content (AvgIpc) is 3.05. The van der Waals surface area contributed by atoms with Crippen LogP contribution in [0.4, 0.5) is 0 Å². The van der Waals surface area contributed by atoms with Gasteiger partial charge < -0.3 is 4.98 Å². The molecule has 4 rings (SSSR count). The number of rotatable bonds is 3. The molecule has 20 heavy (non-hydrogen) atoms. The van der Waals surface area contributed by atoms with Crippen molar-refractivity contribution in [1.29, 1.82) is 0 Å². The largest absolute Gasteiger partial charge is 0.346 e. The third-order valence-corrected chi connectivity index (χ3v) is 4.62. The molecule has 1 fully saturated rings. The molecule has 1 saturated carbocycles. The second kappa shape index (κ2) is 4.47. The minimum absolute atomic E-state index is 0.501. The molecule has 1 N–H and O–H groups in total. The Balaban J connectivity index is 1.72. The summed E-state index contributed by atoms with van der Waals surface area (Å²) in [5.74, 6) is 0.799. The van der Waals surface area contributed by atoms with Gasteiger partial charge in [0.25, 0.3) is 0 Å². The lowest BCUT2D eigenvalue weighted by Crippen LogP contribution is -2.23. The van der Waals surface area contributed by atoms with Gasteiger partial charge in [0.15, 0.2) is 0 Å². The van der Waals surface area contributed by atoms with Crippen LogP contribution in [0, 0.1) is 5.92 Å². The predicted octanol–water partition coefficient (Wildman–Crippen LogP) is 3.79. The molecule has 4 nitrogen and oxygen atoms in total. The maximum atomic E-state index is 4.57. The number of aromatic amines is 1. The summed E-state index contributed by atoms with van der Waals surface area (Å²) in [5.41, 5.74) is 3.30. The molecule has 4 heteroatoms. The summed E-state index contributed by atoms with van der Waals surface area (Å²) in [7, 11) is 0. The Hall–Kier alpha value is -2.10. The molecule has 0 aromatic carbocycles. The Labute approximate surface area is 117 Å². The molecule has 1 aliphatic rings. The number of nitrogens with one attached hydrogen (secondary N) is 1. The average molecular weight is 266 g/mol. The fourth-order valence-electron chi connectivity index (χ4n) is 3.05. The minimum Gasteiger partial charge on any atom is -0.346 e. The number of H-pyrrole nitrogens is 1. The Bertz CT molecular complexity index is 736. The van der Waals surface area contributed by atoms with Crippen LogP contribution in [-0.2, 0) is 0 Å². The smallest absolute Gasteiger partial charge is 0.137 e. The number of aromatic nitrogens is 4. The van der Waals surface area contributed by atoms with Crippen molar-refractivity contribution >= 4 is 11.0 Å². The van der Waals surface area contributed by atoms with Gasteiger partial charge in [-0.15, -0.1) is 0 Å². The third kappa shape index (κ3) is 1.75. The van der Waals surface area contributed by atoms with E-state index in [1.54, 1.807) is 0 Å². The molecule has 0 bridgehead atoms. The van der Waals surface area contributed by atoms with Gasteiger partial charge in [0.1, 0.15) is 5.65 Å². The highest BCUT2D eigenvalue weighted by molar-refractivity contribution is 5.92. The van der Waals surface area contributed by atoms with Crippen LogP contribution < -0.4 is 0 Å². The zero-order valence-corrected chi connectivity index (χ0v) is 11.6. The second-order valence-corrected chi connectivity index (χ2v) is 5.74. The molecule has 0 amide bonds. The van der Waals surface area contributed by atoms with Crippen LogP contribution >= 0.6 is 0 Å². The first-order valence-electron chi connectivity index (χ1n) is 7.29. The molecular formula is C16H18N4. The lowest BCUT2D eigenvalue weighted by Gasteiger charge is -2.31. The van der Waals surface area contributed by atoms with E-state index in [0.717, 1.165) is 17.0 Å². The van der Waals surface area contributed by atoms with Gasteiger partial charge in [-0.2, -0.15) is 5.10 Å². The van der Waals surface area contributed by atoms with E-state index in [4.69, 9.17) is 0 Å². The second-order valence-electron chi connectivity index (χ2n) is 5.74. The summed E-state index contributed by atoms with van der Waals surface area (Å²) < 4.78 is 2.12. The van der Waals surface area contributed by atoms with Crippen molar-refractivity contribution in [2.24, 2.45) is 5.92 Å². The Kier molecular flexibility index (Phi) is 2.62. The lowest BCUT2D eigenvalue weighted by atomic mass is 9.80. The van der Waals surface area contributed by atoms with E-state index in [2.05, 4.69) is 45.0 Å². The highest BCUT2D eigenvalue weighted by atomic mass is 15.3. The topological polar surface area (TPSA) is 46.5 Å². The number of nitrogens with zero attached hydrogens (tertiary/aromatic N) is 3. The van der Waals surface area contributed by atoms with Crippen molar-refractivity contribution in [3.63, 3.8) is 0 Å². The molecule has 3 aromatic rings. The number of pyridine rings is 1. The zero-order chi connectivity index (χ0) is 13.5. The highest BCUT2D eigenvalue weighted by Crippen LogP contribution is 2.36. The van der Waals surface area contributed by atoms with E-state index >= 15 is 0 Å². The normalized spacial score (nSPS) is 17.2. The SMILES string of the molecule is CC(C1CCC1)n1cc(-c2ccnc3[nH]ccc23)cn1. The van der Waals surface area contributed by atoms with Crippen LogP contribution in [0.25, 0.3) is 22.2 Å². The monoisotopic (exact) mass is 266 g/mol. The highest BCUT2D eigenvalue weighted by Gasteiger charge is 2.25. The minimum atomic E-state index is 0.501. The summed E-state index contributed by atoms with van der Waals surface area (Å²) in [6.45, 7) is 2.28. The van der Waals surface area contributed by atoms with Crippen LogP contribution in [0.2, 0.25) is 0 Å². The molecule has 3 aromatic heterocycles. The van der Waals surface area contributed by atoms with Gasteiger partial charge in [-0.25, -0.2) is 4.98 Å².